The molecule has 8 nitrogen and oxygen atoms in total. The largest absolute Gasteiger partial charge is 0.495 e. The van der Waals surface area contributed by atoms with Crippen LogP contribution >= 0.6 is 11.8 Å². The van der Waals surface area contributed by atoms with E-state index in [1.807, 2.05) is 6.26 Å². The number of hydrogen-bond acceptors (Lipinski definition) is 7. The van der Waals surface area contributed by atoms with Gasteiger partial charge in [0.05, 0.1) is 39.0 Å². The van der Waals surface area contributed by atoms with E-state index in [1.54, 1.807) is 12.1 Å². The van der Waals surface area contributed by atoms with Crippen LogP contribution in [-0.2, 0) is 4.79 Å². The third-order valence-electron chi connectivity index (χ3n) is 3.50. The van der Waals surface area contributed by atoms with Gasteiger partial charge in [-0.1, -0.05) is 0 Å². The monoisotopic (exact) mass is 391 g/mol. The van der Waals surface area contributed by atoms with E-state index in [0.29, 0.717) is 28.8 Å². The number of thioether (sulfide) groups is 1. The van der Waals surface area contributed by atoms with E-state index in [2.05, 4.69) is 15.6 Å². The number of anilines is 2. The van der Waals surface area contributed by atoms with E-state index in [-0.39, 0.29) is 17.2 Å². The standard InChI is InChI=1S/C18H21N3O5S/c1-24-12-5-6-15(19-9-12)21-18(23)11-7-13(20-16(22)10-27-4)17(26-3)14(8-11)25-2/h5-9H,10H2,1-4H3,(H,20,22)(H,19,21,23). The number of amides is 2. The second-order valence-electron chi connectivity index (χ2n) is 5.28. The summed E-state index contributed by atoms with van der Waals surface area (Å²) in [5, 5.41) is 5.42. The topological polar surface area (TPSA) is 98.8 Å². The maximum atomic E-state index is 12.6. The van der Waals surface area contributed by atoms with E-state index in [1.165, 1.54) is 51.4 Å². The number of pyridine rings is 1. The summed E-state index contributed by atoms with van der Waals surface area (Å²) in [6.45, 7) is 0. The molecule has 0 aliphatic heterocycles. The van der Waals surface area contributed by atoms with Crippen molar-refractivity contribution < 1.29 is 23.8 Å². The Balaban J connectivity index is 2.30. The molecule has 1 aromatic carbocycles. The van der Waals surface area contributed by atoms with Crippen molar-refractivity contribution in [3.05, 3.63) is 36.0 Å². The lowest BCUT2D eigenvalue weighted by atomic mass is 10.1. The molecule has 0 bridgehead atoms. The molecule has 1 aromatic heterocycles. The van der Waals surface area contributed by atoms with Gasteiger partial charge in [-0.15, -0.1) is 0 Å². The van der Waals surface area contributed by atoms with Gasteiger partial charge in [0.25, 0.3) is 5.91 Å². The van der Waals surface area contributed by atoms with Crippen molar-refractivity contribution in [2.45, 2.75) is 0 Å². The Morgan fingerprint density at radius 2 is 1.85 bits per heavy atom. The van der Waals surface area contributed by atoms with Gasteiger partial charge in [-0.05, 0) is 30.5 Å². The molecule has 27 heavy (non-hydrogen) atoms. The predicted octanol–water partition coefficient (Wildman–Crippen LogP) is 2.66. The molecule has 0 unspecified atom stereocenters. The highest BCUT2D eigenvalue weighted by atomic mass is 32.2. The molecule has 144 valence electrons. The van der Waals surface area contributed by atoms with Crippen LogP contribution in [0.15, 0.2) is 30.5 Å². The van der Waals surface area contributed by atoms with Crippen molar-refractivity contribution in [2.75, 3.05) is 44.0 Å². The molecule has 0 aliphatic rings. The lowest BCUT2D eigenvalue weighted by Gasteiger charge is -2.15. The second kappa shape index (κ2) is 9.67. The average Bonchev–Trinajstić information content (AvgIpc) is 2.68. The second-order valence-corrected chi connectivity index (χ2v) is 6.14. The molecule has 2 aromatic rings. The number of carbonyl (C=O) groups is 2. The fourth-order valence-corrected chi connectivity index (χ4v) is 2.60. The van der Waals surface area contributed by atoms with Crippen molar-refractivity contribution in [3.63, 3.8) is 0 Å². The molecule has 0 radical (unpaired) electrons. The summed E-state index contributed by atoms with van der Waals surface area (Å²) in [7, 11) is 4.45. The van der Waals surface area contributed by atoms with Crippen molar-refractivity contribution >= 4 is 35.1 Å². The van der Waals surface area contributed by atoms with E-state index in [0.717, 1.165) is 0 Å². The molecular weight excluding hydrogens is 370 g/mol. The first-order chi connectivity index (χ1) is 13.0. The van der Waals surface area contributed by atoms with Crippen LogP contribution in [0, 0.1) is 0 Å². The Kier molecular flexibility index (Phi) is 7.30. The lowest BCUT2D eigenvalue weighted by Crippen LogP contribution is -2.17. The molecule has 0 saturated carbocycles. The zero-order valence-electron chi connectivity index (χ0n) is 15.5. The number of hydrogen-bond donors (Lipinski definition) is 2. The maximum Gasteiger partial charge on any atom is 0.257 e. The number of rotatable bonds is 8. The van der Waals surface area contributed by atoms with Gasteiger partial charge in [-0.3, -0.25) is 9.59 Å². The zero-order valence-corrected chi connectivity index (χ0v) is 16.3. The highest BCUT2D eigenvalue weighted by molar-refractivity contribution is 7.99. The number of methoxy groups -OCH3 is 3. The number of carbonyl (C=O) groups excluding carboxylic acids is 2. The Bertz CT molecular complexity index is 811. The maximum absolute atomic E-state index is 12.6. The summed E-state index contributed by atoms with van der Waals surface area (Å²) < 4.78 is 15.7. The Labute approximate surface area is 161 Å². The first-order valence-corrected chi connectivity index (χ1v) is 9.28. The fourth-order valence-electron chi connectivity index (χ4n) is 2.27. The molecule has 2 N–H and O–H groups in total. The number of aromatic nitrogens is 1. The number of benzene rings is 1. The van der Waals surface area contributed by atoms with Crippen LogP contribution < -0.4 is 24.8 Å². The molecule has 1 heterocycles. The third kappa shape index (κ3) is 5.27. The van der Waals surface area contributed by atoms with Gasteiger partial charge >= 0.3 is 0 Å². The molecule has 0 atom stereocenters. The molecule has 2 amide bonds. The summed E-state index contributed by atoms with van der Waals surface area (Å²) in [6, 6.07) is 6.37. The quantitative estimate of drug-likeness (QED) is 0.714. The van der Waals surface area contributed by atoms with Gasteiger partial charge in [-0.25, -0.2) is 4.98 Å². The van der Waals surface area contributed by atoms with E-state index in [4.69, 9.17) is 14.2 Å². The van der Waals surface area contributed by atoms with Gasteiger partial charge in [0.15, 0.2) is 11.5 Å². The summed E-state index contributed by atoms with van der Waals surface area (Å²) >= 11 is 1.39. The average molecular weight is 391 g/mol. The SMILES string of the molecule is COc1ccc(NC(=O)c2cc(NC(=O)CSC)c(OC)c(OC)c2)nc1. The number of ether oxygens (including phenoxy) is 3. The summed E-state index contributed by atoms with van der Waals surface area (Å²) in [6.07, 6.45) is 3.32. The Morgan fingerprint density at radius 1 is 1.07 bits per heavy atom. The zero-order chi connectivity index (χ0) is 19.8. The van der Waals surface area contributed by atoms with Crippen molar-refractivity contribution in [1.29, 1.82) is 0 Å². The first-order valence-electron chi connectivity index (χ1n) is 7.88. The van der Waals surface area contributed by atoms with E-state index < -0.39 is 5.91 Å². The summed E-state index contributed by atoms with van der Waals surface area (Å²) in [5.41, 5.74) is 0.633. The normalized spacial score (nSPS) is 10.1. The minimum atomic E-state index is -0.408. The number of nitrogens with zero attached hydrogens (tertiary/aromatic N) is 1. The Hall–Kier alpha value is -2.94. The summed E-state index contributed by atoms with van der Waals surface area (Å²) in [4.78, 5) is 28.7. The van der Waals surface area contributed by atoms with Crippen LogP contribution in [0.25, 0.3) is 0 Å². The molecule has 0 saturated heterocycles. The van der Waals surface area contributed by atoms with Gasteiger partial charge in [-0.2, -0.15) is 11.8 Å². The smallest absolute Gasteiger partial charge is 0.257 e. The fraction of sp³-hybridized carbons (Fsp3) is 0.278. The van der Waals surface area contributed by atoms with Crippen LogP contribution in [0.5, 0.6) is 17.2 Å². The van der Waals surface area contributed by atoms with Crippen molar-refractivity contribution in [3.8, 4) is 17.2 Å². The molecule has 0 aliphatic carbocycles. The van der Waals surface area contributed by atoms with Crippen LogP contribution in [-0.4, -0.2) is 50.1 Å². The lowest BCUT2D eigenvalue weighted by molar-refractivity contribution is -0.113. The van der Waals surface area contributed by atoms with Gasteiger partial charge in [0.1, 0.15) is 11.6 Å². The van der Waals surface area contributed by atoms with E-state index in [9.17, 15) is 9.59 Å². The highest BCUT2D eigenvalue weighted by Crippen LogP contribution is 2.37. The predicted molar refractivity (Wildman–Crippen MR) is 105 cm³/mol. The van der Waals surface area contributed by atoms with Gasteiger partial charge < -0.3 is 24.8 Å². The molecule has 0 spiro atoms. The van der Waals surface area contributed by atoms with Crippen LogP contribution in [0.2, 0.25) is 0 Å². The molecule has 9 heteroatoms. The van der Waals surface area contributed by atoms with Crippen molar-refractivity contribution in [2.24, 2.45) is 0 Å². The van der Waals surface area contributed by atoms with Crippen LogP contribution in [0.1, 0.15) is 10.4 Å². The van der Waals surface area contributed by atoms with E-state index >= 15 is 0 Å². The molecule has 0 fully saturated rings. The number of nitrogens with one attached hydrogen (secondary N) is 2. The Morgan fingerprint density at radius 3 is 2.41 bits per heavy atom. The third-order valence-corrected chi connectivity index (χ3v) is 4.06. The summed E-state index contributed by atoms with van der Waals surface area (Å²) in [5.74, 6) is 1.27. The first kappa shape index (κ1) is 20.4. The molecular formula is C18H21N3O5S. The molecule has 2 rings (SSSR count). The van der Waals surface area contributed by atoms with Crippen molar-refractivity contribution in [1.82, 2.24) is 4.98 Å². The van der Waals surface area contributed by atoms with Gasteiger partial charge in [0.2, 0.25) is 5.91 Å². The van der Waals surface area contributed by atoms with Gasteiger partial charge in [0, 0.05) is 5.56 Å². The minimum Gasteiger partial charge on any atom is -0.495 e. The van der Waals surface area contributed by atoms with Crippen LogP contribution in [0.3, 0.4) is 0 Å². The minimum absolute atomic E-state index is 0.211. The van der Waals surface area contributed by atoms with Crippen LogP contribution in [0.4, 0.5) is 11.5 Å². The highest BCUT2D eigenvalue weighted by Gasteiger charge is 2.18.